The molecular formula is C20H20N4O5. The zero-order valence-corrected chi connectivity index (χ0v) is 16.2. The second-order valence-electron chi connectivity index (χ2n) is 6.97. The largest absolute Gasteiger partial charge is 0.460 e. The number of carbonyl (C=O) groups excluding carboxylic acids is 3. The topological polar surface area (TPSA) is 149 Å². The van der Waals surface area contributed by atoms with E-state index in [4.69, 9.17) is 20.9 Å². The lowest BCUT2D eigenvalue weighted by Gasteiger charge is -2.35. The van der Waals surface area contributed by atoms with Gasteiger partial charge in [-0.05, 0) is 26.8 Å². The van der Waals surface area contributed by atoms with Crippen molar-refractivity contribution in [2.24, 2.45) is 11.5 Å². The Balaban J connectivity index is 2.40. The fourth-order valence-corrected chi connectivity index (χ4v) is 3.76. The van der Waals surface area contributed by atoms with Crippen molar-refractivity contribution in [1.82, 2.24) is 4.90 Å². The van der Waals surface area contributed by atoms with Crippen LogP contribution in [0.2, 0.25) is 0 Å². The van der Waals surface area contributed by atoms with Gasteiger partial charge in [0.2, 0.25) is 17.7 Å². The molecule has 9 heteroatoms. The van der Waals surface area contributed by atoms with Crippen molar-refractivity contribution in [2.45, 2.75) is 32.3 Å². The van der Waals surface area contributed by atoms with Crippen LogP contribution in [-0.4, -0.2) is 35.3 Å². The van der Waals surface area contributed by atoms with Gasteiger partial charge in [-0.25, -0.2) is 4.79 Å². The summed E-state index contributed by atoms with van der Waals surface area (Å²) in [6, 6.07) is 8.37. The van der Waals surface area contributed by atoms with Crippen LogP contribution in [0.15, 0.2) is 47.0 Å². The first kappa shape index (κ1) is 19.9. The molecule has 0 bridgehead atoms. The van der Waals surface area contributed by atoms with E-state index in [9.17, 15) is 19.6 Å². The molecular weight excluding hydrogens is 376 g/mol. The molecule has 2 aliphatic heterocycles. The van der Waals surface area contributed by atoms with Crippen molar-refractivity contribution >= 4 is 17.8 Å². The molecule has 0 aliphatic carbocycles. The number of hydrogen-bond donors (Lipinski definition) is 2. The van der Waals surface area contributed by atoms with Crippen molar-refractivity contribution < 1.29 is 23.9 Å². The van der Waals surface area contributed by atoms with Crippen LogP contribution >= 0.6 is 0 Å². The zero-order chi connectivity index (χ0) is 21.5. The van der Waals surface area contributed by atoms with Crippen molar-refractivity contribution in [3.8, 4) is 11.8 Å². The van der Waals surface area contributed by atoms with Crippen molar-refractivity contribution in [1.29, 1.82) is 5.26 Å². The number of primary amides is 1. The molecule has 0 radical (unpaired) electrons. The average molecular weight is 396 g/mol. The second kappa shape index (κ2) is 6.98. The number of nitrogens with two attached hydrogens (primary N) is 2. The number of hydrogen-bond acceptors (Lipinski definition) is 7. The smallest absolute Gasteiger partial charge is 0.337 e. The summed E-state index contributed by atoms with van der Waals surface area (Å²) in [5, 5.41) is 9.86. The predicted octanol–water partition coefficient (Wildman–Crippen LogP) is 0.564. The molecule has 2 aliphatic rings. The molecule has 1 atom stereocenters. The summed E-state index contributed by atoms with van der Waals surface area (Å²) in [4.78, 5) is 39.5. The number of rotatable bonds is 4. The number of nitrogens with zero attached hydrogens (tertiary/aromatic N) is 2. The molecule has 9 nitrogen and oxygen atoms in total. The Morgan fingerprint density at radius 1 is 1.34 bits per heavy atom. The summed E-state index contributed by atoms with van der Waals surface area (Å²) in [6.45, 7) is 4.35. The Morgan fingerprint density at radius 3 is 2.59 bits per heavy atom. The molecule has 0 fully saturated rings. The molecule has 0 saturated heterocycles. The van der Waals surface area contributed by atoms with E-state index < -0.39 is 35.8 Å². The number of ether oxygens (including phenoxy) is 2. The van der Waals surface area contributed by atoms with Crippen molar-refractivity contribution in [3.63, 3.8) is 0 Å². The van der Waals surface area contributed by atoms with Gasteiger partial charge in [-0.15, -0.1) is 0 Å². The van der Waals surface area contributed by atoms with Gasteiger partial charge in [0.25, 0.3) is 0 Å². The third kappa shape index (κ3) is 2.81. The van der Waals surface area contributed by atoms with E-state index in [2.05, 4.69) is 0 Å². The maximum atomic E-state index is 13.7. The Kier molecular flexibility index (Phi) is 4.80. The molecule has 29 heavy (non-hydrogen) atoms. The molecule has 1 aromatic carbocycles. The highest BCUT2D eigenvalue weighted by Crippen LogP contribution is 2.53. The summed E-state index contributed by atoms with van der Waals surface area (Å²) in [5.41, 5.74) is 9.48. The second-order valence-corrected chi connectivity index (χ2v) is 6.97. The van der Waals surface area contributed by atoms with Gasteiger partial charge in [-0.2, -0.15) is 5.26 Å². The first-order chi connectivity index (χ1) is 13.7. The van der Waals surface area contributed by atoms with Crippen LogP contribution in [0.1, 0.15) is 26.3 Å². The van der Waals surface area contributed by atoms with E-state index in [1.807, 2.05) is 6.07 Å². The molecule has 1 spiro atoms. The minimum absolute atomic E-state index is 0.0901. The number of carbonyl (C=O) groups is 3. The van der Waals surface area contributed by atoms with Gasteiger partial charge in [-0.3, -0.25) is 9.59 Å². The summed E-state index contributed by atoms with van der Waals surface area (Å²) < 4.78 is 10.9. The van der Waals surface area contributed by atoms with Crippen LogP contribution in [0.25, 0.3) is 0 Å². The van der Waals surface area contributed by atoms with Crippen LogP contribution in [0.3, 0.4) is 0 Å². The zero-order valence-electron chi connectivity index (χ0n) is 16.2. The quantitative estimate of drug-likeness (QED) is 0.706. The minimum Gasteiger partial charge on any atom is -0.460 e. The fraction of sp³-hybridized carbons (Fsp3) is 0.300. The van der Waals surface area contributed by atoms with Crippen molar-refractivity contribution in [2.75, 3.05) is 6.54 Å². The normalized spacial score (nSPS) is 20.7. The third-order valence-corrected chi connectivity index (χ3v) is 4.81. The van der Waals surface area contributed by atoms with Gasteiger partial charge in [0.05, 0.1) is 11.7 Å². The number of allylic oxidation sites excluding steroid dienone is 1. The highest BCUT2D eigenvalue weighted by molar-refractivity contribution is 6.13. The Morgan fingerprint density at radius 2 is 2.00 bits per heavy atom. The van der Waals surface area contributed by atoms with Crippen molar-refractivity contribution in [3.05, 3.63) is 52.6 Å². The maximum absolute atomic E-state index is 13.7. The first-order valence-electron chi connectivity index (χ1n) is 8.86. The highest BCUT2D eigenvalue weighted by Gasteiger charge is 2.62. The van der Waals surface area contributed by atoms with Crippen LogP contribution in [-0.2, 0) is 24.5 Å². The van der Waals surface area contributed by atoms with E-state index in [1.165, 1.54) is 6.92 Å². The van der Waals surface area contributed by atoms with E-state index in [-0.39, 0.29) is 34.0 Å². The van der Waals surface area contributed by atoms with Gasteiger partial charge in [0, 0.05) is 11.3 Å². The van der Waals surface area contributed by atoms with Gasteiger partial charge < -0.3 is 25.8 Å². The Hall–Kier alpha value is -3.80. The van der Waals surface area contributed by atoms with Gasteiger partial charge in [0.1, 0.15) is 23.9 Å². The standard InChI is InChI=1S/C20H20N4O5/c1-10(2)28-18(26)16-11(3)24(9-15(22)25)19(27)20(16)12-6-4-5-7-14(12)29-17(23)13(20)8-21/h4-7,10H,9,23H2,1-3H3,(H2,22,25)/t20-/m1/s1. The van der Waals surface area contributed by atoms with E-state index in [0.717, 1.165) is 4.90 Å². The highest BCUT2D eigenvalue weighted by atomic mass is 16.5. The lowest BCUT2D eigenvalue weighted by Crippen LogP contribution is -2.48. The molecule has 4 N–H and O–H groups in total. The molecule has 1 aromatic rings. The molecule has 150 valence electrons. The van der Waals surface area contributed by atoms with Gasteiger partial charge in [-0.1, -0.05) is 18.2 Å². The Bertz CT molecular complexity index is 1030. The number of amides is 2. The van der Waals surface area contributed by atoms with Crippen LogP contribution in [0.4, 0.5) is 0 Å². The predicted molar refractivity (Wildman–Crippen MR) is 100 cm³/mol. The number of benzene rings is 1. The summed E-state index contributed by atoms with van der Waals surface area (Å²) in [6.07, 6.45) is -0.484. The maximum Gasteiger partial charge on any atom is 0.337 e. The lowest BCUT2D eigenvalue weighted by molar-refractivity contribution is -0.144. The van der Waals surface area contributed by atoms with Gasteiger partial charge >= 0.3 is 5.97 Å². The fourth-order valence-electron chi connectivity index (χ4n) is 3.76. The third-order valence-electron chi connectivity index (χ3n) is 4.81. The SMILES string of the molecule is CC1=C(C(=O)OC(C)C)[C@]2(C(=O)N1CC(N)=O)C(C#N)=C(N)Oc1ccccc12. The van der Waals surface area contributed by atoms with Crippen LogP contribution in [0.5, 0.6) is 5.75 Å². The molecule has 0 saturated carbocycles. The summed E-state index contributed by atoms with van der Waals surface area (Å²) >= 11 is 0. The molecule has 0 aromatic heterocycles. The van der Waals surface area contributed by atoms with E-state index in [1.54, 1.807) is 38.1 Å². The Labute approximate surface area is 167 Å². The number of fused-ring (bicyclic) bond motifs is 2. The molecule has 2 heterocycles. The molecule has 3 rings (SSSR count). The van der Waals surface area contributed by atoms with Crippen LogP contribution in [0, 0.1) is 11.3 Å². The van der Waals surface area contributed by atoms with E-state index >= 15 is 0 Å². The van der Waals surface area contributed by atoms with Crippen LogP contribution < -0.4 is 16.2 Å². The minimum atomic E-state index is -1.89. The first-order valence-corrected chi connectivity index (χ1v) is 8.86. The molecule has 2 amide bonds. The number of para-hydroxylation sites is 1. The number of esters is 1. The molecule has 0 unspecified atom stereocenters. The van der Waals surface area contributed by atoms with Gasteiger partial charge in [0.15, 0.2) is 5.41 Å². The summed E-state index contributed by atoms with van der Waals surface area (Å²) in [5.74, 6) is -2.35. The summed E-state index contributed by atoms with van der Waals surface area (Å²) in [7, 11) is 0. The lowest BCUT2D eigenvalue weighted by atomic mass is 9.68. The number of nitriles is 1. The monoisotopic (exact) mass is 396 g/mol. The van der Waals surface area contributed by atoms with E-state index in [0.29, 0.717) is 0 Å². The average Bonchev–Trinajstić information content (AvgIpc) is 2.83.